The number of para-hydroxylation sites is 1. The Morgan fingerprint density at radius 3 is 2.30 bits per heavy atom. The molecule has 0 aliphatic carbocycles. The number of ether oxygens (including phenoxy) is 1. The summed E-state index contributed by atoms with van der Waals surface area (Å²) >= 11 is 0. The van der Waals surface area contributed by atoms with E-state index in [1.54, 1.807) is 54.6 Å². The van der Waals surface area contributed by atoms with Crippen molar-refractivity contribution in [3.63, 3.8) is 0 Å². The highest BCUT2D eigenvalue weighted by Gasteiger charge is 2.30. The molecule has 2 N–H and O–H groups in total. The minimum atomic E-state index is -4.14. The average molecular weight is 524 g/mol. The summed E-state index contributed by atoms with van der Waals surface area (Å²) in [6.45, 7) is 5.71. The first-order chi connectivity index (χ1) is 17.7. The molecule has 3 aromatic carbocycles. The van der Waals surface area contributed by atoms with Gasteiger partial charge >= 0.3 is 0 Å². The van der Waals surface area contributed by atoms with Gasteiger partial charge in [0.25, 0.3) is 15.9 Å². The van der Waals surface area contributed by atoms with Gasteiger partial charge in [-0.3, -0.25) is 13.9 Å². The van der Waals surface area contributed by atoms with E-state index in [0.29, 0.717) is 23.5 Å². The van der Waals surface area contributed by atoms with Gasteiger partial charge in [0.15, 0.2) is 0 Å². The van der Waals surface area contributed by atoms with E-state index < -0.39 is 22.5 Å². The Morgan fingerprint density at radius 2 is 1.62 bits per heavy atom. The highest BCUT2D eigenvalue weighted by atomic mass is 32.2. The molecule has 3 aromatic rings. The number of unbranched alkanes of at least 4 members (excludes halogenated alkanes) is 1. The molecule has 3 rings (SSSR count). The van der Waals surface area contributed by atoms with Crippen LogP contribution in [-0.2, 0) is 14.8 Å². The Labute approximate surface area is 218 Å². The maximum absolute atomic E-state index is 13.8. The molecule has 37 heavy (non-hydrogen) atoms. The van der Waals surface area contributed by atoms with Crippen LogP contribution in [0.1, 0.15) is 41.3 Å². The summed E-state index contributed by atoms with van der Waals surface area (Å²) in [5.74, 6) is -0.605. The number of benzene rings is 3. The lowest BCUT2D eigenvalue weighted by molar-refractivity contribution is -0.114. The van der Waals surface area contributed by atoms with Crippen LogP contribution in [0.3, 0.4) is 0 Å². The van der Waals surface area contributed by atoms with Gasteiger partial charge in [-0.1, -0.05) is 49.2 Å². The molecule has 0 fully saturated rings. The molecule has 8 nitrogen and oxygen atoms in total. The van der Waals surface area contributed by atoms with E-state index in [4.69, 9.17) is 4.74 Å². The largest absolute Gasteiger partial charge is 0.495 e. The van der Waals surface area contributed by atoms with Gasteiger partial charge in [-0.2, -0.15) is 0 Å². The Balaban J connectivity index is 1.96. The molecule has 0 aliphatic rings. The molecule has 0 aliphatic heterocycles. The molecule has 196 valence electrons. The minimum absolute atomic E-state index is 0.0464. The fourth-order valence-electron chi connectivity index (χ4n) is 3.72. The number of hydrogen-bond donors (Lipinski definition) is 2. The normalized spacial score (nSPS) is 11.0. The number of methoxy groups -OCH3 is 1. The third-order valence-corrected chi connectivity index (χ3v) is 7.53. The molecule has 0 unspecified atom stereocenters. The number of nitrogens with zero attached hydrogens (tertiary/aromatic N) is 1. The van der Waals surface area contributed by atoms with E-state index in [2.05, 4.69) is 10.6 Å². The van der Waals surface area contributed by atoms with E-state index in [-0.39, 0.29) is 16.5 Å². The summed E-state index contributed by atoms with van der Waals surface area (Å²) in [6.07, 6.45) is 1.77. The number of rotatable bonds is 11. The van der Waals surface area contributed by atoms with Gasteiger partial charge in [-0.05, 0) is 62.2 Å². The number of hydrogen-bond acceptors (Lipinski definition) is 5. The third kappa shape index (κ3) is 6.89. The maximum atomic E-state index is 13.8. The maximum Gasteiger partial charge on any atom is 0.264 e. The number of sulfonamides is 1. The van der Waals surface area contributed by atoms with Crippen molar-refractivity contribution < 1.29 is 22.7 Å². The molecular formula is C28H33N3O5S. The number of amides is 2. The summed E-state index contributed by atoms with van der Waals surface area (Å²) in [7, 11) is -2.69. The molecule has 2 amide bonds. The molecular weight excluding hydrogens is 490 g/mol. The number of aryl methyl sites for hydroxylation is 2. The summed E-state index contributed by atoms with van der Waals surface area (Å²) in [6, 6.07) is 18.2. The van der Waals surface area contributed by atoms with Crippen molar-refractivity contribution in [3.05, 3.63) is 83.4 Å². The van der Waals surface area contributed by atoms with Gasteiger partial charge in [0.05, 0.1) is 28.9 Å². The van der Waals surface area contributed by atoms with E-state index in [0.717, 1.165) is 28.3 Å². The fourth-order valence-corrected chi connectivity index (χ4v) is 5.14. The molecule has 0 heterocycles. The molecule has 0 aromatic heterocycles. The number of carbonyl (C=O) groups excluding carboxylic acids is 2. The van der Waals surface area contributed by atoms with Crippen molar-refractivity contribution in [3.8, 4) is 5.75 Å². The topological polar surface area (TPSA) is 105 Å². The standard InChI is InChI=1S/C28H33N3O5S/c1-5-6-17-29-28(33)23-9-7-8-10-24(23)30-27(32)19-31(25-18-21(3)13-16-26(25)36-4)37(34,35)22-14-11-20(2)12-15-22/h7-16,18H,5-6,17,19H2,1-4H3,(H,29,33)(H,30,32). The fraction of sp³-hybridized carbons (Fsp3) is 0.286. The monoisotopic (exact) mass is 523 g/mol. The number of anilines is 2. The van der Waals surface area contributed by atoms with E-state index in [1.165, 1.54) is 19.2 Å². The predicted octanol–water partition coefficient (Wildman–Crippen LogP) is 4.68. The van der Waals surface area contributed by atoms with Crippen molar-refractivity contribution in [2.75, 3.05) is 29.8 Å². The van der Waals surface area contributed by atoms with Crippen molar-refractivity contribution in [1.82, 2.24) is 5.32 Å². The predicted molar refractivity (Wildman–Crippen MR) is 146 cm³/mol. The van der Waals surface area contributed by atoms with Crippen molar-refractivity contribution in [2.24, 2.45) is 0 Å². The lowest BCUT2D eigenvalue weighted by Gasteiger charge is -2.26. The van der Waals surface area contributed by atoms with Gasteiger partial charge in [-0.25, -0.2) is 8.42 Å². The summed E-state index contributed by atoms with van der Waals surface area (Å²) in [5.41, 5.74) is 2.54. The molecule has 0 atom stereocenters. The molecule has 9 heteroatoms. The van der Waals surface area contributed by atoms with Gasteiger partial charge in [0, 0.05) is 6.54 Å². The summed E-state index contributed by atoms with van der Waals surface area (Å²) in [4.78, 5) is 26.0. The second-order valence-electron chi connectivity index (χ2n) is 8.70. The summed E-state index contributed by atoms with van der Waals surface area (Å²) < 4.78 is 34.0. The zero-order valence-electron chi connectivity index (χ0n) is 21.6. The smallest absolute Gasteiger partial charge is 0.264 e. The van der Waals surface area contributed by atoms with Crippen molar-refractivity contribution in [2.45, 2.75) is 38.5 Å². The van der Waals surface area contributed by atoms with Crippen LogP contribution in [-0.4, -0.2) is 40.4 Å². The van der Waals surface area contributed by atoms with Crippen LogP contribution in [0.5, 0.6) is 5.75 Å². The molecule has 0 radical (unpaired) electrons. The number of nitrogens with one attached hydrogen (secondary N) is 2. The highest BCUT2D eigenvalue weighted by molar-refractivity contribution is 7.92. The van der Waals surface area contributed by atoms with Crippen LogP contribution in [0, 0.1) is 13.8 Å². The van der Waals surface area contributed by atoms with Gasteiger partial charge in [0.2, 0.25) is 5.91 Å². The first-order valence-electron chi connectivity index (χ1n) is 12.1. The molecule has 0 saturated heterocycles. The number of carbonyl (C=O) groups is 2. The lowest BCUT2D eigenvalue weighted by Crippen LogP contribution is -2.38. The molecule has 0 saturated carbocycles. The first-order valence-corrected chi connectivity index (χ1v) is 13.5. The van der Waals surface area contributed by atoms with E-state index in [1.807, 2.05) is 20.8 Å². The van der Waals surface area contributed by atoms with Gasteiger partial charge < -0.3 is 15.4 Å². The van der Waals surface area contributed by atoms with Crippen molar-refractivity contribution >= 4 is 33.2 Å². The Kier molecular flexibility index (Phi) is 9.30. The van der Waals surface area contributed by atoms with Crippen LogP contribution < -0.4 is 19.7 Å². The minimum Gasteiger partial charge on any atom is -0.495 e. The van der Waals surface area contributed by atoms with Crippen LogP contribution in [0.2, 0.25) is 0 Å². The first kappa shape index (κ1) is 27.7. The summed E-state index contributed by atoms with van der Waals surface area (Å²) in [5, 5.41) is 5.56. The van der Waals surface area contributed by atoms with Gasteiger partial charge in [0.1, 0.15) is 12.3 Å². The second-order valence-corrected chi connectivity index (χ2v) is 10.6. The quantitative estimate of drug-likeness (QED) is 0.355. The van der Waals surface area contributed by atoms with Crippen LogP contribution in [0.25, 0.3) is 0 Å². The van der Waals surface area contributed by atoms with E-state index in [9.17, 15) is 18.0 Å². The van der Waals surface area contributed by atoms with Crippen LogP contribution in [0.15, 0.2) is 71.6 Å². The molecule has 0 bridgehead atoms. The third-order valence-electron chi connectivity index (χ3n) is 5.76. The van der Waals surface area contributed by atoms with E-state index >= 15 is 0 Å². The van der Waals surface area contributed by atoms with Gasteiger partial charge in [-0.15, -0.1) is 0 Å². The second kappa shape index (κ2) is 12.4. The Hall–Kier alpha value is -3.85. The lowest BCUT2D eigenvalue weighted by atomic mass is 10.1. The van der Waals surface area contributed by atoms with Crippen LogP contribution in [0.4, 0.5) is 11.4 Å². The SMILES string of the molecule is CCCCNC(=O)c1ccccc1NC(=O)CN(c1cc(C)ccc1OC)S(=O)(=O)c1ccc(C)cc1. The average Bonchev–Trinajstić information content (AvgIpc) is 2.88. The van der Waals surface area contributed by atoms with Crippen LogP contribution >= 0.6 is 0 Å². The highest BCUT2D eigenvalue weighted by Crippen LogP contribution is 2.33. The van der Waals surface area contributed by atoms with Crippen molar-refractivity contribution in [1.29, 1.82) is 0 Å². The zero-order valence-corrected chi connectivity index (χ0v) is 22.4. The zero-order chi connectivity index (χ0) is 27.0. The Bertz CT molecular complexity index is 1350. The molecule has 0 spiro atoms. The Morgan fingerprint density at radius 1 is 0.946 bits per heavy atom.